The Morgan fingerprint density at radius 1 is 1.16 bits per heavy atom. The fourth-order valence-electron chi connectivity index (χ4n) is 2.33. The van der Waals surface area contributed by atoms with E-state index in [0.29, 0.717) is 10.6 Å². The second kappa shape index (κ2) is 8.28. The molecule has 0 unspecified atom stereocenters. The van der Waals surface area contributed by atoms with Gasteiger partial charge >= 0.3 is 5.97 Å². The number of anilines is 1. The standard InChI is InChI=1S/C19H22N2O4/c1-4-13(2)16-7-5-6-8-17(16)20-18(22)14(3)25-19(23)15-9-11-21(24)12-10-15/h5-14H,4H2,1-3H3,(H,20,22)/t13-,14-/m0/s1. The van der Waals surface area contributed by atoms with Gasteiger partial charge in [0.1, 0.15) is 0 Å². The lowest BCUT2D eigenvalue weighted by Gasteiger charge is -2.18. The molecule has 6 heteroatoms. The molecule has 0 bridgehead atoms. The lowest BCUT2D eigenvalue weighted by atomic mass is 9.97. The van der Waals surface area contributed by atoms with Crippen LogP contribution in [0.4, 0.5) is 5.69 Å². The van der Waals surface area contributed by atoms with Gasteiger partial charge in [-0.1, -0.05) is 32.0 Å². The highest BCUT2D eigenvalue weighted by Crippen LogP contribution is 2.26. The van der Waals surface area contributed by atoms with Crippen LogP contribution in [0.3, 0.4) is 0 Å². The van der Waals surface area contributed by atoms with E-state index < -0.39 is 18.0 Å². The fourth-order valence-corrected chi connectivity index (χ4v) is 2.33. The minimum absolute atomic E-state index is 0.215. The second-order valence-corrected chi connectivity index (χ2v) is 5.88. The van der Waals surface area contributed by atoms with Crippen LogP contribution in [-0.4, -0.2) is 18.0 Å². The molecule has 25 heavy (non-hydrogen) atoms. The van der Waals surface area contributed by atoms with Gasteiger partial charge < -0.3 is 15.3 Å². The van der Waals surface area contributed by atoms with Crippen LogP contribution >= 0.6 is 0 Å². The van der Waals surface area contributed by atoms with E-state index in [1.807, 2.05) is 24.3 Å². The Kier molecular flexibility index (Phi) is 6.11. The maximum Gasteiger partial charge on any atom is 0.339 e. The maximum atomic E-state index is 12.4. The van der Waals surface area contributed by atoms with Crippen LogP contribution in [0.15, 0.2) is 48.8 Å². The summed E-state index contributed by atoms with van der Waals surface area (Å²) in [4.78, 5) is 24.4. The zero-order valence-corrected chi connectivity index (χ0v) is 14.6. The Balaban J connectivity index is 2.03. The summed E-state index contributed by atoms with van der Waals surface area (Å²) in [6, 6.07) is 10.3. The number of benzene rings is 1. The number of aromatic nitrogens is 1. The Labute approximate surface area is 147 Å². The minimum Gasteiger partial charge on any atom is -0.619 e. The molecule has 0 aliphatic heterocycles. The van der Waals surface area contributed by atoms with Gasteiger partial charge in [-0.15, -0.1) is 0 Å². The zero-order chi connectivity index (χ0) is 18.4. The molecule has 0 fully saturated rings. The van der Waals surface area contributed by atoms with Gasteiger partial charge in [0.05, 0.1) is 5.56 Å². The first kappa shape index (κ1) is 18.4. The number of nitrogens with one attached hydrogen (secondary N) is 1. The van der Waals surface area contributed by atoms with Crippen molar-refractivity contribution in [3.63, 3.8) is 0 Å². The molecule has 1 aromatic carbocycles. The van der Waals surface area contributed by atoms with E-state index in [1.54, 1.807) is 0 Å². The van der Waals surface area contributed by atoms with Crippen LogP contribution in [0.2, 0.25) is 0 Å². The predicted molar refractivity (Wildman–Crippen MR) is 94.1 cm³/mol. The molecule has 2 rings (SSSR count). The van der Waals surface area contributed by atoms with Crippen LogP contribution in [0, 0.1) is 5.21 Å². The molecule has 0 aliphatic rings. The van der Waals surface area contributed by atoms with Gasteiger partial charge in [-0.25, -0.2) is 4.79 Å². The van der Waals surface area contributed by atoms with Gasteiger partial charge in [-0.3, -0.25) is 4.79 Å². The van der Waals surface area contributed by atoms with E-state index in [1.165, 1.54) is 31.5 Å². The molecule has 0 saturated heterocycles. The molecular formula is C19H22N2O4. The summed E-state index contributed by atoms with van der Waals surface area (Å²) in [6.45, 7) is 5.68. The molecule has 1 N–H and O–H groups in total. The number of ether oxygens (including phenoxy) is 1. The lowest BCUT2D eigenvalue weighted by Crippen LogP contribution is -2.31. The highest BCUT2D eigenvalue weighted by atomic mass is 16.5. The molecular weight excluding hydrogens is 320 g/mol. The SMILES string of the molecule is CC[C@H](C)c1ccccc1NC(=O)[C@H](C)OC(=O)c1cc[n+]([O-])cc1. The summed E-state index contributed by atoms with van der Waals surface area (Å²) in [5, 5.41) is 13.8. The van der Waals surface area contributed by atoms with E-state index in [-0.39, 0.29) is 5.56 Å². The molecule has 2 atom stereocenters. The summed E-state index contributed by atoms with van der Waals surface area (Å²) in [5.41, 5.74) is 1.98. The number of hydrogen-bond donors (Lipinski definition) is 1. The Morgan fingerprint density at radius 2 is 1.80 bits per heavy atom. The van der Waals surface area contributed by atoms with E-state index >= 15 is 0 Å². The molecule has 0 radical (unpaired) electrons. The summed E-state index contributed by atoms with van der Waals surface area (Å²) in [6.07, 6.45) is 2.38. The van der Waals surface area contributed by atoms with Crippen LogP contribution in [0.25, 0.3) is 0 Å². The first-order chi connectivity index (χ1) is 11.9. The molecule has 0 aliphatic carbocycles. The van der Waals surface area contributed by atoms with E-state index in [9.17, 15) is 14.8 Å². The molecule has 1 amide bonds. The Hall–Kier alpha value is -2.89. The summed E-state index contributed by atoms with van der Waals surface area (Å²) in [5.74, 6) is -0.755. The number of pyridine rings is 1. The van der Waals surface area contributed by atoms with Gasteiger partial charge in [0.15, 0.2) is 18.5 Å². The number of hydrogen-bond acceptors (Lipinski definition) is 4. The monoisotopic (exact) mass is 342 g/mol. The van der Waals surface area contributed by atoms with Gasteiger partial charge in [0.2, 0.25) is 0 Å². The number of para-hydroxylation sites is 1. The third-order valence-corrected chi connectivity index (χ3v) is 4.05. The molecule has 1 heterocycles. The van der Waals surface area contributed by atoms with Gasteiger partial charge in [-0.05, 0) is 30.9 Å². The summed E-state index contributed by atoms with van der Waals surface area (Å²) < 4.78 is 5.74. The normalized spacial score (nSPS) is 12.9. The molecule has 0 spiro atoms. The van der Waals surface area contributed by atoms with Crippen molar-refractivity contribution in [3.05, 3.63) is 65.1 Å². The second-order valence-electron chi connectivity index (χ2n) is 5.88. The quantitative estimate of drug-likeness (QED) is 0.497. The van der Waals surface area contributed by atoms with Crippen molar-refractivity contribution >= 4 is 17.6 Å². The van der Waals surface area contributed by atoms with Crippen LogP contribution in [0.5, 0.6) is 0 Å². The average molecular weight is 342 g/mol. The molecule has 6 nitrogen and oxygen atoms in total. The van der Waals surface area contributed by atoms with Crippen molar-refractivity contribution in [1.29, 1.82) is 0 Å². The largest absolute Gasteiger partial charge is 0.619 e. The maximum absolute atomic E-state index is 12.4. The van der Waals surface area contributed by atoms with Gasteiger partial charge in [-0.2, -0.15) is 4.73 Å². The number of rotatable bonds is 6. The van der Waals surface area contributed by atoms with Crippen molar-refractivity contribution in [2.75, 3.05) is 5.32 Å². The Bertz CT molecular complexity index is 743. The highest BCUT2D eigenvalue weighted by Gasteiger charge is 2.21. The average Bonchev–Trinajstić information content (AvgIpc) is 2.61. The van der Waals surface area contributed by atoms with Crippen molar-refractivity contribution < 1.29 is 19.1 Å². The first-order valence-corrected chi connectivity index (χ1v) is 8.22. The summed E-state index contributed by atoms with van der Waals surface area (Å²) in [7, 11) is 0. The third kappa shape index (κ3) is 4.79. The van der Waals surface area contributed by atoms with E-state index in [2.05, 4.69) is 19.2 Å². The molecule has 0 saturated carbocycles. The van der Waals surface area contributed by atoms with Crippen molar-refractivity contribution in [1.82, 2.24) is 0 Å². The van der Waals surface area contributed by atoms with Gasteiger partial charge in [0.25, 0.3) is 5.91 Å². The van der Waals surface area contributed by atoms with Crippen molar-refractivity contribution in [2.24, 2.45) is 0 Å². The fraction of sp³-hybridized carbons (Fsp3) is 0.316. The van der Waals surface area contributed by atoms with Crippen LogP contribution < -0.4 is 10.0 Å². The van der Waals surface area contributed by atoms with Crippen LogP contribution in [-0.2, 0) is 9.53 Å². The minimum atomic E-state index is -0.961. The topological polar surface area (TPSA) is 82.3 Å². The number of amides is 1. The van der Waals surface area contributed by atoms with E-state index in [4.69, 9.17) is 4.74 Å². The van der Waals surface area contributed by atoms with Crippen LogP contribution in [0.1, 0.15) is 49.0 Å². The predicted octanol–water partition coefficient (Wildman–Crippen LogP) is 3.02. The smallest absolute Gasteiger partial charge is 0.339 e. The number of carbonyl (C=O) groups is 2. The summed E-state index contributed by atoms with van der Waals surface area (Å²) >= 11 is 0. The van der Waals surface area contributed by atoms with E-state index in [0.717, 1.165) is 17.7 Å². The lowest BCUT2D eigenvalue weighted by molar-refractivity contribution is -0.605. The number of carbonyl (C=O) groups excluding carboxylic acids is 2. The molecule has 2 aromatic rings. The molecule has 1 aromatic heterocycles. The Morgan fingerprint density at radius 3 is 2.44 bits per heavy atom. The highest BCUT2D eigenvalue weighted by molar-refractivity contribution is 5.97. The van der Waals surface area contributed by atoms with Crippen molar-refractivity contribution in [2.45, 2.75) is 39.2 Å². The number of nitrogens with zero attached hydrogens (tertiary/aromatic N) is 1. The number of esters is 1. The van der Waals surface area contributed by atoms with Gasteiger partial charge in [0, 0.05) is 17.8 Å². The zero-order valence-electron chi connectivity index (χ0n) is 14.6. The van der Waals surface area contributed by atoms with Crippen molar-refractivity contribution in [3.8, 4) is 0 Å². The first-order valence-electron chi connectivity index (χ1n) is 8.22. The third-order valence-electron chi connectivity index (χ3n) is 4.05. The molecule has 132 valence electrons.